The van der Waals surface area contributed by atoms with Crippen molar-refractivity contribution >= 4 is 56.6 Å². The summed E-state index contributed by atoms with van der Waals surface area (Å²) < 4.78 is 38.1. The van der Waals surface area contributed by atoms with Gasteiger partial charge in [0.2, 0.25) is 0 Å². The highest BCUT2D eigenvalue weighted by atomic mass is 32.1. The van der Waals surface area contributed by atoms with E-state index in [9.17, 15) is 13.2 Å². The van der Waals surface area contributed by atoms with E-state index in [0.29, 0.717) is 27.0 Å². The molecule has 2 aromatic heterocycles. The first-order valence-corrected chi connectivity index (χ1v) is 9.27. The van der Waals surface area contributed by atoms with Gasteiger partial charge in [-0.3, -0.25) is 0 Å². The molecule has 10 heteroatoms. The number of nitrogens with zero attached hydrogens (tertiary/aromatic N) is 3. The van der Waals surface area contributed by atoms with Crippen LogP contribution >= 0.6 is 24.0 Å². The van der Waals surface area contributed by atoms with Crippen molar-refractivity contribution in [2.75, 3.05) is 10.6 Å². The molecule has 142 valence electrons. The van der Waals surface area contributed by atoms with E-state index < -0.39 is 11.7 Å². The maximum atomic E-state index is 12.7. The molecule has 4 rings (SSSR count). The van der Waals surface area contributed by atoms with Gasteiger partial charge in [-0.05, 0) is 36.4 Å². The Bertz CT molecular complexity index is 1130. The van der Waals surface area contributed by atoms with Crippen LogP contribution in [0.1, 0.15) is 5.56 Å². The molecule has 0 amide bonds. The van der Waals surface area contributed by atoms with Crippen molar-refractivity contribution in [1.82, 2.24) is 15.0 Å². The quantitative estimate of drug-likeness (QED) is 0.361. The van der Waals surface area contributed by atoms with Crippen LogP contribution in [-0.2, 0) is 6.18 Å². The van der Waals surface area contributed by atoms with Crippen LogP contribution in [0.2, 0.25) is 0 Å². The number of hydrogen-bond donors (Lipinski definition) is 3. The number of para-hydroxylation sites is 1. The van der Waals surface area contributed by atoms with E-state index in [1.165, 1.54) is 29.8 Å². The number of anilines is 4. The third-order valence-corrected chi connectivity index (χ3v) is 5.08. The summed E-state index contributed by atoms with van der Waals surface area (Å²) in [4.78, 5) is 14.3. The second-order valence-corrected chi connectivity index (χ2v) is 7.20. The number of nitrogens with one attached hydrogen (secondary N) is 2. The summed E-state index contributed by atoms with van der Waals surface area (Å²) in [6.07, 6.45) is -3.00. The van der Waals surface area contributed by atoms with Crippen molar-refractivity contribution in [2.24, 2.45) is 0 Å². The molecule has 0 unspecified atom stereocenters. The van der Waals surface area contributed by atoms with Gasteiger partial charge in [0.05, 0.1) is 11.3 Å². The van der Waals surface area contributed by atoms with Crippen LogP contribution in [0.25, 0.3) is 10.3 Å². The zero-order chi connectivity index (χ0) is 19.7. The minimum Gasteiger partial charge on any atom is -0.338 e. The number of alkyl halides is 3. The van der Waals surface area contributed by atoms with Crippen LogP contribution in [-0.4, -0.2) is 15.0 Å². The van der Waals surface area contributed by atoms with Crippen LogP contribution in [0.4, 0.5) is 35.5 Å². The summed E-state index contributed by atoms with van der Waals surface area (Å²) in [7, 11) is 0. The second-order valence-electron chi connectivity index (χ2n) is 5.74. The minimum atomic E-state index is -4.38. The molecule has 2 heterocycles. The lowest BCUT2D eigenvalue weighted by Crippen LogP contribution is -2.04. The molecule has 2 N–H and O–H groups in total. The van der Waals surface area contributed by atoms with Crippen molar-refractivity contribution in [3.63, 3.8) is 0 Å². The van der Waals surface area contributed by atoms with Gasteiger partial charge in [-0.25, -0.2) is 15.0 Å². The molecular formula is C18H12F3N5S2. The number of fused-ring (bicyclic) bond motifs is 1. The molecule has 0 aliphatic rings. The summed E-state index contributed by atoms with van der Waals surface area (Å²) in [5.74, 6) is 0.410. The molecule has 0 bridgehead atoms. The second kappa shape index (κ2) is 7.28. The maximum Gasteiger partial charge on any atom is 0.416 e. The fraction of sp³-hybridized carbons (Fsp3) is 0.0556. The van der Waals surface area contributed by atoms with Crippen molar-refractivity contribution in [2.45, 2.75) is 11.1 Å². The van der Waals surface area contributed by atoms with Crippen LogP contribution in [0.15, 0.2) is 59.8 Å². The highest BCUT2D eigenvalue weighted by Crippen LogP contribution is 2.33. The van der Waals surface area contributed by atoms with Gasteiger partial charge < -0.3 is 10.6 Å². The lowest BCUT2D eigenvalue weighted by atomic mass is 10.2. The van der Waals surface area contributed by atoms with E-state index in [2.05, 4.69) is 38.2 Å². The smallest absolute Gasteiger partial charge is 0.338 e. The zero-order valence-corrected chi connectivity index (χ0v) is 15.7. The fourth-order valence-electron chi connectivity index (χ4n) is 2.47. The van der Waals surface area contributed by atoms with E-state index in [4.69, 9.17) is 0 Å². The van der Waals surface area contributed by atoms with Crippen LogP contribution < -0.4 is 10.6 Å². The molecule has 5 nitrogen and oxygen atoms in total. The third kappa shape index (κ3) is 3.87. The summed E-state index contributed by atoms with van der Waals surface area (Å²) in [6, 6.07) is 12.2. The number of rotatable bonds is 4. The minimum absolute atomic E-state index is 0.410. The molecule has 0 aliphatic heterocycles. The van der Waals surface area contributed by atoms with Gasteiger partial charge in [0.25, 0.3) is 0 Å². The van der Waals surface area contributed by atoms with Crippen molar-refractivity contribution in [3.8, 4) is 0 Å². The molecule has 0 saturated heterocycles. The van der Waals surface area contributed by atoms with Gasteiger partial charge in [-0.1, -0.05) is 23.5 Å². The van der Waals surface area contributed by atoms with Crippen molar-refractivity contribution in [3.05, 3.63) is 60.4 Å². The molecule has 0 fully saturated rings. The third-order valence-electron chi connectivity index (χ3n) is 3.82. The first kappa shape index (κ1) is 18.5. The molecule has 0 radical (unpaired) electrons. The molecule has 2 aromatic carbocycles. The lowest BCUT2D eigenvalue weighted by Gasteiger charge is -2.09. The average Bonchev–Trinajstić information content (AvgIpc) is 3.07. The first-order chi connectivity index (χ1) is 13.4. The molecule has 0 spiro atoms. The van der Waals surface area contributed by atoms with Crippen LogP contribution in [0.3, 0.4) is 0 Å². The Kier molecular flexibility index (Phi) is 4.82. The standard InChI is InChI=1S/C18H12F3N5S2/c19-18(20,21)10-5-7-11(8-6-10)24-15-14-16(23-9-22-15)28-17(26-14)25-12-3-1-2-4-13(12)27/h1-9,27H,(H,25,26)(H,22,23,24). The number of benzene rings is 2. The number of thiol groups is 1. The van der Waals surface area contributed by atoms with Gasteiger partial charge in [0.1, 0.15) is 11.8 Å². The molecule has 0 aliphatic carbocycles. The molecule has 0 saturated carbocycles. The first-order valence-electron chi connectivity index (χ1n) is 8.01. The Morgan fingerprint density at radius 1 is 0.929 bits per heavy atom. The zero-order valence-electron chi connectivity index (χ0n) is 14.0. The largest absolute Gasteiger partial charge is 0.416 e. The Balaban J connectivity index is 1.61. The van der Waals surface area contributed by atoms with Gasteiger partial charge in [-0.15, -0.1) is 12.6 Å². The summed E-state index contributed by atoms with van der Waals surface area (Å²) in [5.41, 5.74) is 1.08. The van der Waals surface area contributed by atoms with Gasteiger partial charge >= 0.3 is 6.18 Å². The Morgan fingerprint density at radius 2 is 1.68 bits per heavy atom. The Labute approximate surface area is 167 Å². The van der Waals surface area contributed by atoms with E-state index >= 15 is 0 Å². The normalized spacial score (nSPS) is 11.6. The summed E-state index contributed by atoms with van der Waals surface area (Å²) >= 11 is 5.74. The van der Waals surface area contributed by atoms with Gasteiger partial charge in [0, 0.05) is 10.6 Å². The molecular weight excluding hydrogens is 407 g/mol. The number of halogens is 3. The van der Waals surface area contributed by atoms with E-state index in [-0.39, 0.29) is 0 Å². The van der Waals surface area contributed by atoms with E-state index in [1.54, 1.807) is 0 Å². The molecule has 28 heavy (non-hydrogen) atoms. The summed E-state index contributed by atoms with van der Waals surface area (Å²) in [5, 5.41) is 6.79. The molecule has 0 atom stereocenters. The monoisotopic (exact) mass is 419 g/mol. The maximum absolute atomic E-state index is 12.7. The van der Waals surface area contributed by atoms with E-state index in [0.717, 1.165) is 22.7 Å². The number of thiazole rings is 1. The SMILES string of the molecule is FC(F)(F)c1ccc(Nc2ncnc3sc(Nc4ccccc4S)nc23)cc1. The Hall–Kier alpha value is -2.85. The van der Waals surface area contributed by atoms with Crippen LogP contribution in [0.5, 0.6) is 0 Å². The highest BCUT2D eigenvalue weighted by Gasteiger charge is 2.30. The Morgan fingerprint density at radius 3 is 2.39 bits per heavy atom. The number of aromatic nitrogens is 3. The average molecular weight is 419 g/mol. The predicted molar refractivity (Wildman–Crippen MR) is 107 cm³/mol. The van der Waals surface area contributed by atoms with Crippen molar-refractivity contribution < 1.29 is 13.2 Å². The van der Waals surface area contributed by atoms with Gasteiger partial charge in [-0.2, -0.15) is 13.2 Å². The fourth-order valence-corrected chi connectivity index (χ4v) is 3.51. The predicted octanol–water partition coefficient (Wildman–Crippen LogP) is 5.88. The topological polar surface area (TPSA) is 62.7 Å². The van der Waals surface area contributed by atoms with Crippen molar-refractivity contribution in [1.29, 1.82) is 0 Å². The van der Waals surface area contributed by atoms with E-state index in [1.807, 2.05) is 24.3 Å². The van der Waals surface area contributed by atoms with Crippen LogP contribution in [0, 0.1) is 0 Å². The lowest BCUT2D eigenvalue weighted by molar-refractivity contribution is -0.137. The highest BCUT2D eigenvalue weighted by molar-refractivity contribution is 7.80. The summed E-state index contributed by atoms with van der Waals surface area (Å²) in [6.45, 7) is 0. The molecule has 4 aromatic rings. The van der Waals surface area contributed by atoms with Gasteiger partial charge in [0.15, 0.2) is 15.8 Å². The number of hydrogen-bond acceptors (Lipinski definition) is 7.